The van der Waals surface area contributed by atoms with Gasteiger partial charge in [0.2, 0.25) is 0 Å². The second kappa shape index (κ2) is 11.9. The first kappa shape index (κ1) is 18.8. The molecule has 0 atom stereocenters. The molecule has 0 saturated heterocycles. The third-order valence-corrected chi connectivity index (χ3v) is 1.57. The summed E-state index contributed by atoms with van der Waals surface area (Å²) in [5, 5.41) is 0. The van der Waals surface area contributed by atoms with Crippen LogP contribution in [-0.2, 0) is 19.1 Å². The molecule has 0 aromatic rings. The van der Waals surface area contributed by atoms with Gasteiger partial charge in [0.05, 0.1) is 13.2 Å². The lowest BCUT2D eigenvalue weighted by Gasteiger charge is -1.99. The van der Waals surface area contributed by atoms with E-state index in [2.05, 4.69) is 13.2 Å². The Kier molecular flexibility index (Phi) is 12.4. The Morgan fingerprint density at radius 3 is 1.28 bits per heavy atom. The maximum atomic E-state index is 10.6. The smallest absolute Gasteiger partial charge is 0.333 e. The van der Waals surface area contributed by atoms with Crippen molar-refractivity contribution in [2.45, 2.75) is 40.5 Å². The largest absolute Gasteiger partial charge is 0.462 e. The summed E-state index contributed by atoms with van der Waals surface area (Å²) in [6.45, 7) is 15.0. The maximum absolute atomic E-state index is 10.6. The van der Waals surface area contributed by atoms with Crippen LogP contribution in [-0.4, -0.2) is 25.2 Å². The highest BCUT2D eigenvalue weighted by Crippen LogP contribution is 1.92. The summed E-state index contributed by atoms with van der Waals surface area (Å²) in [6, 6.07) is 0. The van der Waals surface area contributed by atoms with Crippen LogP contribution in [0.5, 0.6) is 0 Å². The van der Waals surface area contributed by atoms with Crippen LogP contribution >= 0.6 is 0 Å². The van der Waals surface area contributed by atoms with Crippen LogP contribution < -0.4 is 0 Å². The molecule has 0 heterocycles. The van der Waals surface area contributed by atoms with Gasteiger partial charge in [-0.3, -0.25) is 0 Å². The Morgan fingerprint density at radius 2 is 1.11 bits per heavy atom. The lowest BCUT2D eigenvalue weighted by Crippen LogP contribution is -2.04. The molecule has 0 amide bonds. The molecule has 0 bridgehead atoms. The highest BCUT2D eigenvalue weighted by molar-refractivity contribution is 5.87. The van der Waals surface area contributed by atoms with Gasteiger partial charge in [-0.2, -0.15) is 0 Å². The SMILES string of the molecule is C=C(C)C(=O)OCCC.C=C(C)C(=O)OCCC. The Labute approximate surface area is 110 Å². The van der Waals surface area contributed by atoms with Crippen LogP contribution in [0, 0.1) is 0 Å². The van der Waals surface area contributed by atoms with Crippen LogP contribution in [0.4, 0.5) is 0 Å². The van der Waals surface area contributed by atoms with E-state index in [-0.39, 0.29) is 11.9 Å². The maximum Gasteiger partial charge on any atom is 0.333 e. The fourth-order valence-electron chi connectivity index (χ4n) is 0.636. The Bertz CT molecular complexity index is 262. The molecule has 0 aliphatic rings. The van der Waals surface area contributed by atoms with Crippen molar-refractivity contribution in [3.63, 3.8) is 0 Å². The van der Waals surface area contributed by atoms with Crippen molar-refractivity contribution < 1.29 is 19.1 Å². The summed E-state index contributed by atoms with van der Waals surface area (Å²) in [7, 11) is 0. The number of rotatable bonds is 6. The fraction of sp³-hybridized carbons (Fsp3) is 0.571. The molecule has 0 fully saturated rings. The lowest BCUT2D eigenvalue weighted by atomic mass is 10.4. The van der Waals surface area contributed by atoms with E-state index in [4.69, 9.17) is 9.47 Å². The van der Waals surface area contributed by atoms with Crippen LogP contribution in [0.2, 0.25) is 0 Å². The van der Waals surface area contributed by atoms with Crippen molar-refractivity contribution in [1.82, 2.24) is 0 Å². The highest BCUT2D eigenvalue weighted by atomic mass is 16.5. The molecule has 0 N–H and O–H groups in total. The molecular formula is C14H24O4. The summed E-state index contributed by atoms with van der Waals surface area (Å²) in [5.41, 5.74) is 0.923. The Balaban J connectivity index is 0. The zero-order valence-corrected chi connectivity index (χ0v) is 11.9. The molecule has 0 aromatic carbocycles. The Hall–Kier alpha value is -1.58. The minimum absolute atomic E-state index is 0.295. The molecule has 104 valence electrons. The van der Waals surface area contributed by atoms with Crippen molar-refractivity contribution in [1.29, 1.82) is 0 Å². The van der Waals surface area contributed by atoms with Crippen LogP contribution in [0.25, 0.3) is 0 Å². The van der Waals surface area contributed by atoms with Crippen molar-refractivity contribution in [2.24, 2.45) is 0 Å². The second-order valence-corrected chi connectivity index (χ2v) is 3.83. The van der Waals surface area contributed by atoms with Crippen LogP contribution in [0.3, 0.4) is 0 Å². The van der Waals surface area contributed by atoms with E-state index >= 15 is 0 Å². The monoisotopic (exact) mass is 256 g/mol. The van der Waals surface area contributed by atoms with Gasteiger partial charge in [0.25, 0.3) is 0 Å². The van der Waals surface area contributed by atoms with Crippen molar-refractivity contribution in [3.05, 3.63) is 24.3 Å². The topological polar surface area (TPSA) is 52.6 Å². The molecular weight excluding hydrogens is 232 g/mol. The van der Waals surface area contributed by atoms with Crippen LogP contribution in [0.15, 0.2) is 24.3 Å². The first-order chi connectivity index (χ1) is 8.36. The molecule has 18 heavy (non-hydrogen) atoms. The van der Waals surface area contributed by atoms with E-state index in [1.54, 1.807) is 13.8 Å². The standard InChI is InChI=1S/2C7H12O2/c2*1-4-5-9-7(8)6(2)3/h2*2,4-5H2,1,3H3. The average molecular weight is 256 g/mol. The minimum atomic E-state index is -0.295. The zero-order valence-electron chi connectivity index (χ0n) is 11.9. The number of hydrogen-bond acceptors (Lipinski definition) is 4. The van der Waals surface area contributed by atoms with E-state index in [0.29, 0.717) is 24.4 Å². The molecule has 0 radical (unpaired) electrons. The summed E-state index contributed by atoms with van der Waals surface area (Å²) >= 11 is 0. The van der Waals surface area contributed by atoms with Crippen molar-refractivity contribution in [2.75, 3.05) is 13.2 Å². The second-order valence-electron chi connectivity index (χ2n) is 3.83. The van der Waals surface area contributed by atoms with E-state index in [1.165, 1.54) is 0 Å². The molecule has 0 aromatic heterocycles. The number of ether oxygens (including phenoxy) is 2. The molecule has 0 aliphatic carbocycles. The summed E-state index contributed by atoms with van der Waals surface area (Å²) in [5.74, 6) is -0.589. The van der Waals surface area contributed by atoms with Gasteiger partial charge in [-0.25, -0.2) is 9.59 Å². The minimum Gasteiger partial charge on any atom is -0.462 e. The zero-order chi connectivity index (χ0) is 14.6. The Morgan fingerprint density at radius 1 is 0.833 bits per heavy atom. The summed E-state index contributed by atoms with van der Waals surface area (Å²) in [4.78, 5) is 21.2. The van der Waals surface area contributed by atoms with Crippen molar-refractivity contribution >= 4 is 11.9 Å². The molecule has 0 saturated carbocycles. The van der Waals surface area contributed by atoms with E-state index in [0.717, 1.165) is 12.8 Å². The number of carbonyl (C=O) groups is 2. The van der Waals surface area contributed by atoms with Gasteiger partial charge in [-0.05, 0) is 26.7 Å². The van der Waals surface area contributed by atoms with Gasteiger partial charge >= 0.3 is 11.9 Å². The third-order valence-electron chi connectivity index (χ3n) is 1.57. The molecule has 0 rings (SSSR count). The van der Waals surface area contributed by atoms with Gasteiger partial charge in [0.15, 0.2) is 0 Å². The first-order valence-electron chi connectivity index (χ1n) is 6.02. The number of carbonyl (C=O) groups excluding carboxylic acids is 2. The average Bonchev–Trinajstić information content (AvgIpc) is 2.33. The van der Waals surface area contributed by atoms with Gasteiger partial charge in [-0.1, -0.05) is 27.0 Å². The predicted molar refractivity (Wildman–Crippen MR) is 72.1 cm³/mol. The normalized spacial score (nSPS) is 8.67. The molecule has 0 aliphatic heterocycles. The van der Waals surface area contributed by atoms with E-state index in [1.807, 2.05) is 13.8 Å². The van der Waals surface area contributed by atoms with E-state index in [9.17, 15) is 9.59 Å². The summed E-state index contributed by atoms with van der Waals surface area (Å²) in [6.07, 6.45) is 1.72. The van der Waals surface area contributed by atoms with Gasteiger partial charge in [0, 0.05) is 11.1 Å². The van der Waals surface area contributed by atoms with Gasteiger partial charge in [0.1, 0.15) is 0 Å². The van der Waals surface area contributed by atoms with Gasteiger partial charge < -0.3 is 9.47 Å². The number of hydrogen-bond donors (Lipinski definition) is 0. The quantitative estimate of drug-likeness (QED) is 0.541. The van der Waals surface area contributed by atoms with E-state index < -0.39 is 0 Å². The first-order valence-corrected chi connectivity index (χ1v) is 6.02. The summed E-state index contributed by atoms with van der Waals surface area (Å²) < 4.78 is 9.43. The van der Waals surface area contributed by atoms with Crippen molar-refractivity contribution in [3.8, 4) is 0 Å². The predicted octanol–water partition coefficient (Wildman–Crippen LogP) is 3.03. The molecule has 4 nitrogen and oxygen atoms in total. The van der Waals surface area contributed by atoms with Crippen LogP contribution in [0.1, 0.15) is 40.5 Å². The molecule has 0 spiro atoms. The van der Waals surface area contributed by atoms with Gasteiger partial charge in [-0.15, -0.1) is 0 Å². The fourth-order valence-corrected chi connectivity index (χ4v) is 0.636. The third kappa shape index (κ3) is 12.5. The molecule has 0 unspecified atom stereocenters. The number of esters is 2. The lowest BCUT2D eigenvalue weighted by molar-refractivity contribution is -0.139. The molecule has 4 heteroatoms. The highest BCUT2D eigenvalue weighted by Gasteiger charge is 2.00.